The highest BCUT2D eigenvalue weighted by Crippen LogP contribution is 2.44. The molecule has 0 spiro atoms. The van der Waals surface area contributed by atoms with Gasteiger partial charge in [0.2, 0.25) is 5.95 Å². The summed E-state index contributed by atoms with van der Waals surface area (Å²) >= 11 is 0. The second-order valence-corrected chi connectivity index (χ2v) is 6.20. The van der Waals surface area contributed by atoms with Crippen LogP contribution in [0.4, 0.5) is 23.5 Å². The molecule has 0 radical (unpaired) electrons. The van der Waals surface area contributed by atoms with Gasteiger partial charge in [0.05, 0.1) is 11.1 Å². The van der Waals surface area contributed by atoms with Gasteiger partial charge in [-0.25, -0.2) is 18.7 Å². The lowest BCUT2D eigenvalue weighted by Gasteiger charge is -2.43. The quantitative estimate of drug-likeness (QED) is 0.669. The number of anilines is 1. The highest BCUT2D eigenvalue weighted by atomic mass is 19.3. The van der Waals surface area contributed by atoms with Crippen LogP contribution in [0.15, 0.2) is 35.0 Å². The maximum absolute atomic E-state index is 14.2. The van der Waals surface area contributed by atoms with Gasteiger partial charge in [-0.1, -0.05) is 12.1 Å². The number of nitrogens with zero attached hydrogens (tertiary/aromatic N) is 4. The van der Waals surface area contributed by atoms with E-state index < -0.39 is 29.5 Å². The monoisotopic (exact) mass is 379 g/mol. The fourth-order valence-corrected chi connectivity index (χ4v) is 3.02. The second-order valence-electron chi connectivity index (χ2n) is 6.20. The molecule has 1 N–H and O–H groups in total. The molecule has 2 heterocycles. The smallest absolute Gasteiger partial charge is 0.314 e. The number of alkyl halides is 2. The van der Waals surface area contributed by atoms with Gasteiger partial charge in [0, 0.05) is 18.0 Å². The molecule has 140 valence electrons. The molecule has 3 aromatic rings. The standard InChI is InChI=1S/C17H13F4N5O/c18-11-4-1-3-10(12(11)19)17(5-2-6-17)24-16-22-7-9(8-23-16)14-25-26-15(27-14)13(20)21/h1,3-4,7-8,13H,2,5-6H2,(H,22,23,24). The molecule has 0 unspecified atom stereocenters. The Balaban J connectivity index is 1.57. The summed E-state index contributed by atoms with van der Waals surface area (Å²) in [6.07, 6.45) is 1.82. The normalized spacial score (nSPS) is 15.6. The summed E-state index contributed by atoms with van der Waals surface area (Å²) in [7, 11) is 0. The summed E-state index contributed by atoms with van der Waals surface area (Å²) in [6, 6.07) is 4.05. The molecule has 1 saturated carbocycles. The average Bonchev–Trinajstić information content (AvgIpc) is 3.12. The van der Waals surface area contributed by atoms with E-state index in [2.05, 4.69) is 25.5 Å². The van der Waals surface area contributed by atoms with Crippen LogP contribution in [0.3, 0.4) is 0 Å². The maximum atomic E-state index is 14.2. The maximum Gasteiger partial charge on any atom is 0.314 e. The van der Waals surface area contributed by atoms with Crippen LogP contribution in [-0.2, 0) is 5.54 Å². The summed E-state index contributed by atoms with van der Waals surface area (Å²) in [6.45, 7) is 0. The van der Waals surface area contributed by atoms with Crippen LogP contribution >= 0.6 is 0 Å². The van der Waals surface area contributed by atoms with Crippen molar-refractivity contribution in [3.63, 3.8) is 0 Å². The molecule has 0 aliphatic heterocycles. The molecule has 10 heteroatoms. The van der Waals surface area contributed by atoms with Crippen LogP contribution in [0.25, 0.3) is 11.5 Å². The number of nitrogens with one attached hydrogen (secondary N) is 1. The predicted octanol–water partition coefficient (Wildman–Crippen LogP) is 4.23. The summed E-state index contributed by atoms with van der Waals surface area (Å²) in [5.74, 6) is -2.54. The van der Waals surface area contributed by atoms with Crippen molar-refractivity contribution in [2.75, 3.05) is 5.32 Å². The minimum atomic E-state index is -2.87. The fourth-order valence-electron chi connectivity index (χ4n) is 3.02. The van der Waals surface area contributed by atoms with Crippen LogP contribution in [0.1, 0.15) is 37.1 Å². The molecule has 0 saturated heterocycles. The highest BCUT2D eigenvalue weighted by molar-refractivity contribution is 5.51. The van der Waals surface area contributed by atoms with Gasteiger partial charge in [0.25, 0.3) is 11.8 Å². The number of benzene rings is 1. The van der Waals surface area contributed by atoms with Crippen LogP contribution in [-0.4, -0.2) is 20.2 Å². The molecule has 0 bridgehead atoms. The molecule has 4 rings (SSSR count). The zero-order chi connectivity index (χ0) is 19.0. The third kappa shape index (κ3) is 3.11. The van der Waals surface area contributed by atoms with Crippen molar-refractivity contribution in [2.45, 2.75) is 31.2 Å². The van der Waals surface area contributed by atoms with E-state index in [1.807, 2.05) is 0 Å². The first-order valence-electron chi connectivity index (χ1n) is 8.15. The molecule has 1 aliphatic carbocycles. The van der Waals surface area contributed by atoms with Gasteiger partial charge in [-0.15, -0.1) is 10.2 Å². The molecular weight excluding hydrogens is 366 g/mol. The third-order valence-corrected chi connectivity index (χ3v) is 4.55. The van der Waals surface area contributed by atoms with Crippen LogP contribution < -0.4 is 5.32 Å². The first-order chi connectivity index (χ1) is 13.0. The van der Waals surface area contributed by atoms with E-state index in [-0.39, 0.29) is 23.0 Å². The SMILES string of the molecule is Fc1cccc(C2(Nc3ncc(-c4nnc(C(F)F)o4)cn3)CCC2)c1F. The Morgan fingerprint density at radius 2 is 1.81 bits per heavy atom. The van der Waals surface area contributed by atoms with E-state index in [4.69, 9.17) is 4.42 Å². The molecule has 1 fully saturated rings. The predicted molar refractivity (Wildman–Crippen MR) is 85.8 cm³/mol. The lowest BCUT2D eigenvalue weighted by atomic mass is 9.71. The molecule has 1 aromatic carbocycles. The van der Waals surface area contributed by atoms with Crippen molar-refractivity contribution >= 4 is 5.95 Å². The summed E-state index contributed by atoms with van der Waals surface area (Å²) in [5.41, 5.74) is -0.305. The van der Waals surface area contributed by atoms with E-state index in [0.717, 1.165) is 12.5 Å². The van der Waals surface area contributed by atoms with Gasteiger partial charge in [0.1, 0.15) is 0 Å². The summed E-state index contributed by atoms with van der Waals surface area (Å²) in [4.78, 5) is 8.20. The minimum absolute atomic E-state index is 0.133. The Labute approximate surface area is 150 Å². The molecule has 6 nitrogen and oxygen atoms in total. The van der Waals surface area contributed by atoms with Crippen LogP contribution in [0.2, 0.25) is 0 Å². The lowest BCUT2D eigenvalue weighted by Crippen LogP contribution is -2.43. The van der Waals surface area contributed by atoms with Crippen molar-refractivity contribution in [1.82, 2.24) is 20.2 Å². The fraction of sp³-hybridized carbons (Fsp3) is 0.294. The van der Waals surface area contributed by atoms with E-state index >= 15 is 0 Å². The number of rotatable bonds is 5. The van der Waals surface area contributed by atoms with Gasteiger partial charge in [-0.2, -0.15) is 8.78 Å². The van der Waals surface area contributed by atoms with Crippen molar-refractivity contribution < 1.29 is 22.0 Å². The van der Waals surface area contributed by atoms with E-state index in [1.165, 1.54) is 24.5 Å². The van der Waals surface area contributed by atoms with Crippen LogP contribution in [0, 0.1) is 11.6 Å². The second kappa shape index (κ2) is 6.60. The molecular formula is C17H13F4N5O. The Kier molecular flexibility index (Phi) is 4.25. The largest absolute Gasteiger partial charge is 0.415 e. The number of hydrogen-bond acceptors (Lipinski definition) is 6. The first-order valence-corrected chi connectivity index (χ1v) is 8.15. The Hall–Kier alpha value is -3.04. The zero-order valence-electron chi connectivity index (χ0n) is 13.8. The van der Waals surface area contributed by atoms with Gasteiger partial charge in [-0.3, -0.25) is 0 Å². The molecule has 0 amide bonds. The lowest BCUT2D eigenvalue weighted by molar-refractivity contribution is 0.116. The van der Waals surface area contributed by atoms with E-state index in [1.54, 1.807) is 0 Å². The van der Waals surface area contributed by atoms with Gasteiger partial charge >= 0.3 is 6.43 Å². The summed E-state index contributed by atoms with van der Waals surface area (Å²) < 4.78 is 57.7. The van der Waals surface area contributed by atoms with Crippen molar-refractivity contribution in [3.05, 3.63) is 53.7 Å². The number of halogens is 4. The third-order valence-electron chi connectivity index (χ3n) is 4.55. The zero-order valence-corrected chi connectivity index (χ0v) is 13.8. The molecule has 0 atom stereocenters. The summed E-state index contributed by atoms with van der Waals surface area (Å²) in [5, 5.41) is 9.82. The van der Waals surface area contributed by atoms with Crippen molar-refractivity contribution in [3.8, 4) is 11.5 Å². The van der Waals surface area contributed by atoms with Crippen molar-refractivity contribution in [1.29, 1.82) is 0 Å². The number of hydrogen-bond donors (Lipinski definition) is 1. The van der Waals surface area contributed by atoms with Gasteiger partial charge in [0.15, 0.2) is 11.6 Å². The Morgan fingerprint density at radius 3 is 2.41 bits per heavy atom. The topological polar surface area (TPSA) is 76.7 Å². The van der Waals surface area contributed by atoms with Gasteiger partial charge < -0.3 is 9.73 Å². The van der Waals surface area contributed by atoms with E-state index in [0.29, 0.717) is 12.8 Å². The average molecular weight is 379 g/mol. The molecule has 1 aliphatic rings. The molecule has 27 heavy (non-hydrogen) atoms. The first kappa shape index (κ1) is 17.4. The van der Waals surface area contributed by atoms with Crippen LogP contribution in [0.5, 0.6) is 0 Å². The highest BCUT2D eigenvalue weighted by Gasteiger charge is 2.41. The van der Waals surface area contributed by atoms with Crippen molar-refractivity contribution in [2.24, 2.45) is 0 Å². The Bertz CT molecular complexity index is 956. The van der Waals surface area contributed by atoms with E-state index in [9.17, 15) is 17.6 Å². The minimum Gasteiger partial charge on any atom is -0.415 e. The number of aromatic nitrogens is 4. The molecule has 2 aromatic heterocycles. The Morgan fingerprint density at radius 1 is 1.07 bits per heavy atom. The van der Waals surface area contributed by atoms with Gasteiger partial charge in [-0.05, 0) is 25.3 Å².